The van der Waals surface area contributed by atoms with Crippen LogP contribution in [0.5, 0.6) is 0 Å². The molecule has 2 amide bonds. The van der Waals surface area contributed by atoms with E-state index >= 15 is 0 Å². The number of nitrogens with one attached hydrogen (secondary N) is 1. The van der Waals surface area contributed by atoms with Crippen molar-refractivity contribution in [2.45, 2.75) is 46.7 Å². The Bertz CT molecular complexity index is 959. The molecule has 1 aliphatic heterocycles. The van der Waals surface area contributed by atoms with Gasteiger partial charge in [-0.2, -0.15) is 0 Å². The number of piperazine rings is 1. The molecule has 1 atom stereocenters. The van der Waals surface area contributed by atoms with Crippen LogP contribution in [0.3, 0.4) is 0 Å². The summed E-state index contributed by atoms with van der Waals surface area (Å²) in [5, 5.41) is 3.58. The molecule has 0 saturated carbocycles. The quantitative estimate of drug-likeness (QED) is 0.759. The fraction of sp³-hybridized carbons (Fsp3) is 0.600. The predicted molar refractivity (Wildman–Crippen MR) is 114 cm³/mol. The first-order chi connectivity index (χ1) is 13.8. The molecule has 0 aliphatic carbocycles. The second-order valence-corrected chi connectivity index (χ2v) is 8.88. The van der Waals surface area contributed by atoms with E-state index in [4.69, 9.17) is 0 Å². The van der Waals surface area contributed by atoms with Crippen LogP contribution in [0.1, 0.15) is 30.7 Å². The van der Waals surface area contributed by atoms with Crippen molar-refractivity contribution >= 4 is 33.4 Å². The Labute approximate surface area is 174 Å². The van der Waals surface area contributed by atoms with Crippen molar-refractivity contribution in [3.63, 3.8) is 0 Å². The SMILES string of the molecule is CC[C@@H](C)NC(=O)CN1CCN(C(=O)Cn2cnc3sc(C)c(C)c3c2=O)CC1. The van der Waals surface area contributed by atoms with Gasteiger partial charge in [-0.3, -0.25) is 23.9 Å². The van der Waals surface area contributed by atoms with Crippen molar-refractivity contribution < 1.29 is 9.59 Å². The number of nitrogens with zero attached hydrogens (tertiary/aromatic N) is 4. The van der Waals surface area contributed by atoms with E-state index in [0.717, 1.165) is 21.7 Å². The van der Waals surface area contributed by atoms with Crippen molar-refractivity contribution in [2.24, 2.45) is 0 Å². The minimum atomic E-state index is -0.162. The van der Waals surface area contributed by atoms with Gasteiger partial charge in [-0.1, -0.05) is 6.92 Å². The molecule has 158 valence electrons. The van der Waals surface area contributed by atoms with Gasteiger partial charge >= 0.3 is 0 Å². The van der Waals surface area contributed by atoms with Crippen LogP contribution in [0, 0.1) is 13.8 Å². The zero-order chi connectivity index (χ0) is 21.1. The maximum absolute atomic E-state index is 12.8. The lowest BCUT2D eigenvalue weighted by atomic mass is 10.2. The minimum absolute atomic E-state index is 0.00932. The van der Waals surface area contributed by atoms with Crippen molar-refractivity contribution in [1.29, 1.82) is 0 Å². The number of aromatic nitrogens is 2. The van der Waals surface area contributed by atoms with Crippen LogP contribution in [-0.2, 0) is 16.1 Å². The Kier molecular flexibility index (Phi) is 6.69. The molecular formula is C20H29N5O3S. The number of carbonyl (C=O) groups is 2. The highest BCUT2D eigenvalue weighted by Crippen LogP contribution is 2.25. The number of aryl methyl sites for hydroxylation is 2. The van der Waals surface area contributed by atoms with E-state index in [1.165, 1.54) is 22.2 Å². The summed E-state index contributed by atoms with van der Waals surface area (Å²) in [5.41, 5.74) is 0.777. The molecule has 0 spiro atoms. The zero-order valence-corrected chi connectivity index (χ0v) is 18.3. The fourth-order valence-electron chi connectivity index (χ4n) is 3.41. The summed E-state index contributed by atoms with van der Waals surface area (Å²) in [5.74, 6) is -0.0759. The molecule has 1 saturated heterocycles. The second kappa shape index (κ2) is 9.04. The number of fused-ring (bicyclic) bond motifs is 1. The smallest absolute Gasteiger partial charge is 0.262 e. The molecule has 8 nitrogen and oxygen atoms in total. The van der Waals surface area contributed by atoms with E-state index in [-0.39, 0.29) is 30.0 Å². The Morgan fingerprint density at radius 2 is 1.90 bits per heavy atom. The van der Waals surface area contributed by atoms with Crippen LogP contribution in [0.25, 0.3) is 10.2 Å². The van der Waals surface area contributed by atoms with Crippen molar-refractivity contribution in [1.82, 2.24) is 24.7 Å². The molecule has 0 unspecified atom stereocenters. The van der Waals surface area contributed by atoms with Gasteiger partial charge in [0.1, 0.15) is 11.4 Å². The van der Waals surface area contributed by atoms with E-state index in [1.807, 2.05) is 27.7 Å². The summed E-state index contributed by atoms with van der Waals surface area (Å²) >= 11 is 1.50. The highest BCUT2D eigenvalue weighted by Gasteiger charge is 2.23. The van der Waals surface area contributed by atoms with E-state index in [9.17, 15) is 14.4 Å². The topological polar surface area (TPSA) is 87.5 Å². The number of amides is 2. The Balaban J connectivity index is 1.57. The third kappa shape index (κ3) is 4.84. The van der Waals surface area contributed by atoms with Crippen LogP contribution >= 0.6 is 11.3 Å². The van der Waals surface area contributed by atoms with Gasteiger partial charge in [0.15, 0.2) is 0 Å². The lowest BCUT2D eigenvalue weighted by Gasteiger charge is -2.34. The molecule has 1 aliphatic rings. The molecular weight excluding hydrogens is 390 g/mol. The van der Waals surface area contributed by atoms with Crippen LogP contribution < -0.4 is 10.9 Å². The summed E-state index contributed by atoms with van der Waals surface area (Å²) in [6.45, 7) is 10.7. The summed E-state index contributed by atoms with van der Waals surface area (Å²) in [4.78, 5) is 47.5. The van der Waals surface area contributed by atoms with Gasteiger partial charge in [0.2, 0.25) is 11.8 Å². The number of thiophene rings is 1. The molecule has 1 N–H and O–H groups in total. The number of hydrogen-bond acceptors (Lipinski definition) is 6. The number of hydrogen-bond donors (Lipinski definition) is 1. The average Bonchev–Trinajstić information content (AvgIpc) is 2.98. The minimum Gasteiger partial charge on any atom is -0.353 e. The van der Waals surface area contributed by atoms with Crippen LogP contribution in [-0.4, -0.2) is 69.9 Å². The van der Waals surface area contributed by atoms with Crippen molar-refractivity contribution in [3.05, 3.63) is 27.1 Å². The van der Waals surface area contributed by atoms with E-state index in [2.05, 4.69) is 15.2 Å². The lowest BCUT2D eigenvalue weighted by molar-refractivity contribution is -0.134. The molecule has 2 aromatic heterocycles. The molecule has 9 heteroatoms. The van der Waals surface area contributed by atoms with Gasteiger partial charge in [-0.15, -0.1) is 11.3 Å². The molecule has 1 fully saturated rings. The molecule has 2 aromatic rings. The fourth-order valence-corrected chi connectivity index (χ4v) is 4.40. The summed E-state index contributed by atoms with van der Waals surface area (Å²) in [6.07, 6.45) is 2.37. The average molecular weight is 420 g/mol. The van der Waals surface area contributed by atoms with Gasteiger partial charge in [0.05, 0.1) is 18.3 Å². The monoisotopic (exact) mass is 419 g/mol. The Hall–Kier alpha value is -2.26. The largest absolute Gasteiger partial charge is 0.353 e. The third-order valence-corrected chi connectivity index (χ3v) is 6.69. The Morgan fingerprint density at radius 1 is 1.21 bits per heavy atom. The van der Waals surface area contributed by atoms with E-state index in [0.29, 0.717) is 38.1 Å². The maximum Gasteiger partial charge on any atom is 0.262 e. The molecule has 3 rings (SSSR count). The molecule has 0 bridgehead atoms. The second-order valence-electron chi connectivity index (χ2n) is 7.67. The highest BCUT2D eigenvalue weighted by atomic mass is 32.1. The summed E-state index contributed by atoms with van der Waals surface area (Å²) in [7, 11) is 0. The first kappa shape index (κ1) is 21.4. The van der Waals surface area contributed by atoms with Crippen LogP contribution in [0.2, 0.25) is 0 Å². The van der Waals surface area contributed by atoms with Gasteiger partial charge < -0.3 is 10.2 Å². The molecule has 0 aromatic carbocycles. The van der Waals surface area contributed by atoms with E-state index < -0.39 is 0 Å². The maximum atomic E-state index is 12.8. The van der Waals surface area contributed by atoms with Crippen LogP contribution in [0.15, 0.2) is 11.1 Å². The highest BCUT2D eigenvalue weighted by molar-refractivity contribution is 7.18. The van der Waals surface area contributed by atoms with Crippen molar-refractivity contribution in [3.8, 4) is 0 Å². The zero-order valence-electron chi connectivity index (χ0n) is 17.5. The van der Waals surface area contributed by atoms with E-state index in [1.54, 1.807) is 4.90 Å². The molecule has 29 heavy (non-hydrogen) atoms. The lowest BCUT2D eigenvalue weighted by Crippen LogP contribution is -2.52. The van der Waals surface area contributed by atoms with Crippen molar-refractivity contribution in [2.75, 3.05) is 32.7 Å². The standard InChI is InChI=1S/C20H29N5O3S/c1-5-13(2)22-16(26)10-23-6-8-24(9-7-23)17(27)11-25-12-21-19-18(20(25)28)14(3)15(4)29-19/h12-13H,5-11H2,1-4H3,(H,22,26)/t13-/m1/s1. The van der Waals surface area contributed by atoms with Gasteiger partial charge in [-0.25, -0.2) is 4.98 Å². The van der Waals surface area contributed by atoms with Gasteiger partial charge in [0.25, 0.3) is 5.56 Å². The summed E-state index contributed by atoms with van der Waals surface area (Å²) < 4.78 is 1.40. The third-order valence-electron chi connectivity index (χ3n) is 5.57. The molecule has 0 radical (unpaired) electrons. The molecule has 3 heterocycles. The number of carbonyl (C=O) groups excluding carboxylic acids is 2. The first-order valence-electron chi connectivity index (χ1n) is 10.0. The normalized spacial score (nSPS) is 16.2. The first-order valence-corrected chi connectivity index (χ1v) is 10.9. The Morgan fingerprint density at radius 3 is 2.55 bits per heavy atom. The van der Waals surface area contributed by atoms with Gasteiger partial charge in [-0.05, 0) is 32.8 Å². The van der Waals surface area contributed by atoms with Gasteiger partial charge in [0, 0.05) is 37.1 Å². The summed E-state index contributed by atoms with van der Waals surface area (Å²) in [6, 6.07) is 0.172. The predicted octanol–water partition coefficient (Wildman–Crippen LogP) is 1.13. The van der Waals surface area contributed by atoms with Crippen LogP contribution in [0.4, 0.5) is 0 Å². The number of rotatable bonds is 6.